The Morgan fingerprint density at radius 3 is 2.38 bits per heavy atom. The van der Waals surface area contributed by atoms with Gasteiger partial charge in [0.15, 0.2) is 15.5 Å². The first-order valence-corrected chi connectivity index (χ1v) is 12.4. The number of rotatable bonds is 5. The van der Waals surface area contributed by atoms with E-state index in [0.29, 0.717) is 29.3 Å². The molecular weight excluding hydrogens is 515 g/mol. The molecule has 1 fully saturated rings. The van der Waals surface area contributed by atoms with Crippen LogP contribution in [0.3, 0.4) is 0 Å². The van der Waals surface area contributed by atoms with Crippen LogP contribution in [-0.4, -0.2) is 48.3 Å². The number of carbonyl (C=O) groups excluding carboxylic acids is 2. The first-order chi connectivity index (χ1) is 17.4. The van der Waals surface area contributed by atoms with E-state index >= 15 is 0 Å². The Morgan fingerprint density at radius 2 is 1.70 bits per heavy atom. The molecule has 190 valence electrons. The van der Waals surface area contributed by atoms with Gasteiger partial charge in [-0.05, 0) is 48.5 Å². The van der Waals surface area contributed by atoms with Crippen LogP contribution in [0.2, 0.25) is 0 Å². The molecule has 5 rings (SSSR count). The highest BCUT2D eigenvalue weighted by molar-refractivity contribution is 7.90. The van der Waals surface area contributed by atoms with Crippen molar-refractivity contribution in [2.24, 2.45) is 0 Å². The Morgan fingerprint density at radius 1 is 0.973 bits per heavy atom. The molecule has 0 aliphatic carbocycles. The maximum absolute atomic E-state index is 13.4. The molecule has 10 nitrogen and oxygen atoms in total. The van der Waals surface area contributed by atoms with E-state index < -0.39 is 45.0 Å². The number of aromatic amines is 1. The van der Waals surface area contributed by atoms with E-state index in [-0.39, 0.29) is 11.4 Å². The predicted molar refractivity (Wildman–Crippen MR) is 125 cm³/mol. The van der Waals surface area contributed by atoms with Crippen molar-refractivity contribution in [3.05, 3.63) is 66.5 Å². The smallest absolute Gasteiger partial charge is 0.416 e. The molecule has 0 atom stereocenters. The van der Waals surface area contributed by atoms with Gasteiger partial charge in [-0.3, -0.25) is 14.8 Å². The van der Waals surface area contributed by atoms with Gasteiger partial charge in [0.05, 0.1) is 28.5 Å². The Labute approximate surface area is 207 Å². The largest absolute Gasteiger partial charge is 0.456 e. The molecule has 37 heavy (non-hydrogen) atoms. The van der Waals surface area contributed by atoms with Gasteiger partial charge in [-0.25, -0.2) is 23.1 Å². The summed E-state index contributed by atoms with van der Waals surface area (Å²) < 4.78 is 69.8. The van der Waals surface area contributed by atoms with Gasteiger partial charge in [-0.15, -0.1) is 0 Å². The molecule has 14 heteroatoms. The summed E-state index contributed by atoms with van der Waals surface area (Å²) in [5.74, 6) is 0.0963. The van der Waals surface area contributed by atoms with Crippen LogP contribution < -0.4 is 14.5 Å². The van der Waals surface area contributed by atoms with Gasteiger partial charge in [-0.2, -0.15) is 18.3 Å². The van der Waals surface area contributed by atoms with Gasteiger partial charge in [0.1, 0.15) is 18.0 Å². The fraction of sp³-hybridized carbons (Fsp3) is 0.130. The van der Waals surface area contributed by atoms with Gasteiger partial charge < -0.3 is 4.74 Å². The number of imide groups is 1. The van der Waals surface area contributed by atoms with Gasteiger partial charge in [0.25, 0.3) is 5.91 Å². The van der Waals surface area contributed by atoms with Crippen LogP contribution in [0.25, 0.3) is 11.0 Å². The lowest BCUT2D eigenvalue weighted by Gasteiger charge is -2.19. The molecule has 1 aliphatic heterocycles. The van der Waals surface area contributed by atoms with Crippen molar-refractivity contribution in [1.29, 1.82) is 0 Å². The summed E-state index contributed by atoms with van der Waals surface area (Å²) in [6, 6.07) is 8.72. The van der Waals surface area contributed by atoms with E-state index in [1.165, 1.54) is 30.5 Å². The second-order valence-corrected chi connectivity index (χ2v) is 10.2. The maximum atomic E-state index is 13.4. The second kappa shape index (κ2) is 8.58. The number of anilines is 2. The van der Waals surface area contributed by atoms with E-state index in [2.05, 4.69) is 15.2 Å². The molecule has 1 saturated heterocycles. The van der Waals surface area contributed by atoms with Gasteiger partial charge in [0.2, 0.25) is 0 Å². The highest BCUT2D eigenvalue weighted by Gasteiger charge is 2.40. The van der Waals surface area contributed by atoms with Gasteiger partial charge >= 0.3 is 12.2 Å². The standard InChI is InChI=1S/C23H16F3N5O5S/c1-37(34,35)19-8-14(23(24,25)26)7-16(9-19)30-12-20(32)31(22(30)33)15-2-4-17(5-3-15)36-18-6-13-10-28-29-21(13)27-11-18/h2-11H,12H2,1H3,(H,27,28,29). The summed E-state index contributed by atoms with van der Waals surface area (Å²) >= 11 is 0. The first-order valence-electron chi connectivity index (χ1n) is 10.5. The number of ether oxygens (including phenoxy) is 1. The number of urea groups is 1. The van der Waals surface area contributed by atoms with Crippen LogP contribution in [0.15, 0.2) is 65.8 Å². The van der Waals surface area contributed by atoms with Crippen LogP contribution in [0.4, 0.5) is 29.3 Å². The summed E-state index contributed by atoms with van der Waals surface area (Å²) in [5.41, 5.74) is -0.877. The lowest BCUT2D eigenvalue weighted by molar-refractivity contribution is -0.137. The zero-order valence-corrected chi connectivity index (χ0v) is 19.7. The molecule has 3 heterocycles. The summed E-state index contributed by atoms with van der Waals surface area (Å²) in [6.45, 7) is -0.571. The topological polar surface area (TPSA) is 126 Å². The normalized spacial score (nSPS) is 14.6. The number of benzene rings is 2. The minimum absolute atomic E-state index is 0.156. The second-order valence-electron chi connectivity index (χ2n) is 8.16. The molecular formula is C23H16F3N5O5S. The average Bonchev–Trinajstić information content (AvgIpc) is 3.41. The fourth-order valence-corrected chi connectivity index (χ4v) is 4.42. The number of pyridine rings is 1. The van der Waals surface area contributed by atoms with Gasteiger partial charge in [-0.1, -0.05) is 0 Å². The number of alkyl halides is 3. The van der Waals surface area contributed by atoms with Crippen molar-refractivity contribution in [3.63, 3.8) is 0 Å². The predicted octanol–water partition coefficient (Wildman–Crippen LogP) is 4.15. The van der Waals surface area contributed by atoms with E-state index in [4.69, 9.17) is 4.74 Å². The molecule has 1 aliphatic rings. The molecule has 4 aromatic rings. The number of halogens is 3. The van der Waals surface area contributed by atoms with Crippen LogP contribution in [0, 0.1) is 0 Å². The number of sulfone groups is 1. The summed E-state index contributed by atoms with van der Waals surface area (Å²) in [4.78, 5) is 30.9. The van der Waals surface area contributed by atoms with Crippen molar-refractivity contribution in [2.45, 2.75) is 11.1 Å². The number of hydrogen-bond donors (Lipinski definition) is 1. The Kier molecular flexibility index (Phi) is 5.62. The lowest BCUT2D eigenvalue weighted by atomic mass is 10.2. The third-order valence-corrected chi connectivity index (χ3v) is 6.61. The van der Waals surface area contributed by atoms with Crippen LogP contribution in [0.5, 0.6) is 11.5 Å². The monoisotopic (exact) mass is 531 g/mol. The Hall–Kier alpha value is -4.46. The molecule has 0 saturated carbocycles. The fourth-order valence-electron chi connectivity index (χ4n) is 3.75. The highest BCUT2D eigenvalue weighted by atomic mass is 32.2. The number of aromatic nitrogens is 3. The average molecular weight is 531 g/mol. The van der Waals surface area contributed by atoms with Crippen molar-refractivity contribution in [2.75, 3.05) is 22.6 Å². The molecule has 0 unspecified atom stereocenters. The van der Waals surface area contributed by atoms with E-state index in [9.17, 15) is 31.2 Å². The number of fused-ring (bicyclic) bond motifs is 1. The molecule has 2 aromatic carbocycles. The third kappa shape index (κ3) is 4.70. The van der Waals surface area contributed by atoms with E-state index in [1.54, 1.807) is 12.3 Å². The maximum Gasteiger partial charge on any atom is 0.416 e. The highest BCUT2D eigenvalue weighted by Crippen LogP contribution is 2.36. The number of nitrogens with one attached hydrogen (secondary N) is 1. The number of amides is 3. The van der Waals surface area contributed by atoms with Crippen molar-refractivity contribution in [3.8, 4) is 11.5 Å². The molecule has 0 bridgehead atoms. The van der Waals surface area contributed by atoms with E-state index in [0.717, 1.165) is 27.5 Å². The Bertz CT molecular complexity index is 1650. The van der Waals surface area contributed by atoms with Crippen LogP contribution in [-0.2, 0) is 20.8 Å². The van der Waals surface area contributed by atoms with Crippen molar-refractivity contribution in [1.82, 2.24) is 15.2 Å². The molecule has 0 radical (unpaired) electrons. The molecule has 2 aromatic heterocycles. The minimum Gasteiger partial charge on any atom is -0.456 e. The molecule has 3 amide bonds. The summed E-state index contributed by atoms with van der Waals surface area (Å²) in [5, 5.41) is 7.33. The summed E-state index contributed by atoms with van der Waals surface area (Å²) in [6.07, 6.45) is -1.05. The van der Waals surface area contributed by atoms with Crippen molar-refractivity contribution >= 4 is 44.2 Å². The third-order valence-electron chi connectivity index (χ3n) is 5.52. The molecule has 1 N–H and O–H groups in total. The number of H-pyrrole nitrogens is 1. The summed E-state index contributed by atoms with van der Waals surface area (Å²) in [7, 11) is -4.03. The number of hydrogen-bond acceptors (Lipinski definition) is 7. The first kappa shape index (κ1) is 24.2. The van der Waals surface area contributed by atoms with Crippen LogP contribution >= 0.6 is 0 Å². The Balaban J connectivity index is 1.41. The minimum atomic E-state index is -4.87. The van der Waals surface area contributed by atoms with E-state index in [1.807, 2.05) is 0 Å². The zero-order chi connectivity index (χ0) is 26.5. The van der Waals surface area contributed by atoms with Crippen LogP contribution in [0.1, 0.15) is 5.56 Å². The lowest BCUT2D eigenvalue weighted by Crippen LogP contribution is -2.33. The quantitative estimate of drug-likeness (QED) is 0.384. The molecule has 0 spiro atoms. The van der Waals surface area contributed by atoms with Gasteiger partial charge in [0, 0.05) is 17.3 Å². The number of nitrogens with zero attached hydrogens (tertiary/aromatic N) is 4. The zero-order valence-electron chi connectivity index (χ0n) is 18.9. The van der Waals surface area contributed by atoms with Crippen molar-refractivity contribution < 1.29 is 35.9 Å². The number of carbonyl (C=O) groups is 2. The SMILES string of the molecule is CS(=O)(=O)c1cc(N2CC(=O)N(c3ccc(Oc4cnc5[nH]ncc5c4)cc3)C2=O)cc(C(F)(F)F)c1.